The van der Waals surface area contributed by atoms with Crippen molar-refractivity contribution < 1.29 is 43.7 Å². The minimum absolute atomic E-state index is 0.333. The van der Waals surface area contributed by atoms with E-state index in [1.807, 2.05) is 0 Å². The summed E-state index contributed by atoms with van der Waals surface area (Å²) in [6, 6.07) is 0. The Balaban J connectivity index is 0. The molecule has 0 aromatic heterocycles. The van der Waals surface area contributed by atoms with E-state index in [2.05, 4.69) is 15.0 Å². The number of carbonyl (C=O) groups is 1. The van der Waals surface area contributed by atoms with Crippen LogP contribution in [0.2, 0.25) is 0 Å². The molecule has 1 amide bonds. The molecule has 0 rings (SSSR count). The van der Waals surface area contributed by atoms with Crippen molar-refractivity contribution in [3.63, 3.8) is 0 Å². The molecule has 3 unspecified atom stereocenters. The van der Waals surface area contributed by atoms with E-state index in [1.54, 1.807) is 0 Å². The molecule has 0 aliphatic heterocycles. The van der Waals surface area contributed by atoms with E-state index in [4.69, 9.17) is 25.1 Å². The highest BCUT2D eigenvalue weighted by molar-refractivity contribution is 7.46. The highest BCUT2D eigenvalue weighted by Gasteiger charge is 2.22. The molecule has 19 heavy (non-hydrogen) atoms. The molecular weight excluding hydrogens is 285 g/mol. The minimum Gasteiger partial charge on any atom is -0.394 e. The molecule has 116 valence electrons. The molecule has 0 spiro atoms. The van der Waals surface area contributed by atoms with Crippen LogP contribution in [0.25, 0.3) is 0 Å². The minimum atomic E-state index is -4.66. The van der Waals surface area contributed by atoms with E-state index in [-0.39, 0.29) is 5.91 Å². The van der Waals surface area contributed by atoms with Gasteiger partial charge >= 0.3 is 7.82 Å². The van der Waals surface area contributed by atoms with Crippen LogP contribution in [-0.4, -0.2) is 62.7 Å². The Kier molecular flexibility index (Phi) is 11.2. The van der Waals surface area contributed by atoms with Crippen LogP contribution in [0, 0.1) is 0 Å². The lowest BCUT2D eigenvalue weighted by Crippen LogP contribution is -2.35. The van der Waals surface area contributed by atoms with E-state index >= 15 is 0 Å². The zero-order valence-corrected chi connectivity index (χ0v) is 11.4. The first-order chi connectivity index (χ1) is 8.49. The van der Waals surface area contributed by atoms with Gasteiger partial charge < -0.3 is 35.6 Å². The van der Waals surface area contributed by atoms with Gasteiger partial charge in [0.1, 0.15) is 12.7 Å². The molecule has 0 radical (unpaired) electrons. The van der Waals surface area contributed by atoms with E-state index in [9.17, 15) is 9.36 Å². The zero-order valence-electron chi connectivity index (χ0n) is 10.5. The molecule has 0 bridgehead atoms. The van der Waals surface area contributed by atoms with Gasteiger partial charge in [-0.15, -0.1) is 0 Å². The number of hydrogen-bond donors (Lipinski definition) is 6. The molecule has 0 fully saturated rings. The second kappa shape index (κ2) is 10.2. The van der Waals surface area contributed by atoms with Gasteiger partial charge in [0.25, 0.3) is 0 Å². The van der Waals surface area contributed by atoms with Crippen LogP contribution < -0.4 is 5.73 Å². The number of phosphoric ester groups is 1. The molecule has 0 aromatic carbocycles. The molecule has 0 aliphatic rings. The lowest BCUT2D eigenvalue weighted by Gasteiger charge is -2.21. The molecule has 0 aromatic rings. The predicted octanol–water partition coefficient (Wildman–Crippen LogP) is -2.34. The number of amides is 1. The van der Waals surface area contributed by atoms with Crippen molar-refractivity contribution in [2.45, 2.75) is 32.3 Å². The number of aliphatic hydroxyl groups excluding tert-OH is 3. The van der Waals surface area contributed by atoms with Crippen LogP contribution in [0.5, 0.6) is 0 Å². The van der Waals surface area contributed by atoms with Crippen LogP contribution in [-0.2, 0) is 18.6 Å². The fourth-order valence-corrected chi connectivity index (χ4v) is 1.03. The van der Waals surface area contributed by atoms with E-state index in [1.165, 1.54) is 13.8 Å². The Morgan fingerprint density at radius 3 is 2.05 bits per heavy atom. The maximum absolute atomic E-state index is 10.2. The normalized spacial score (nSPS) is 15.9. The molecule has 11 heteroatoms. The summed E-state index contributed by atoms with van der Waals surface area (Å²) in [5, 5.41) is 26.7. The summed E-state index contributed by atoms with van der Waals surface area (Å²) in [4.78, 5) is 25.8. The number of rotatable bonds is 7. The molecular formula is C8H20NO9P. The summed E-state index contributed by atoms with van der Waals surface area (Å²) in [6.07, 6.45) is -3.70. The molecule has 10 nitrogen and oxygen atoms in total. The molecule has 0 saturated heterocycles. The lowest BCUT2D eigenvalue weighted by molar-refractivity contribution is -0.185. The largest absolute Gasteiger partial charge is 0.469 e. The summed E-state index contributed by atoms with van der Waals surface area (Å²) in [7, 11) is -4.66. The summed E-state index contributed by atoms with van der Waals surface area (Å²) < 4.78 is 18.8. The number of phosphoric acid groups is 1. The Morgan fingerprint density at radius 1 is 1.37 bits per heavy atom. The predicted molar refractivity (Wildman–Crippen MR) is 62.5 cm³/mol. The number of primary amides is 1. The van der Waals surface area contributed by atoms with Crippen LogP contribution in [0.1, 0.15) is 13.8 Å². The average Bonchev–Trinajstić information content (AvgIpc) is 2.20. The highest BCUT2D eigenvalue weighted by Crippen LogP contribution is 2.35. The van der Waals surface area contributed by atoms with Gasteiger partial charge in [-0.05, 0) is 6.92 Å². The first-order valence-corrected chi connectivity index (χ1v) is 6.61. The van der Waals surface area contributed by atoms with Gasteiger partial charge in [-0.1, -0.05) is 0 Å². The van der Waals surface area contributed by atoms with Crippen LogP contribution >= 0.6 is 7.82 Å². The van der Waals surface area contributed by atoms with Crippen molar-refractivity contribution in [1.82, 2.24) is 0 Å². The maximum atomic E-state index is 10.2. The van der Waals surface area contributed by atoms with Crippen molar-refractivity contribution >= 4 is 13.7 Å². The Labute approximate surface area is 110 Å². The first kappa shape index (κ1) is 20.7. The topological polar surface area (TPSA) is 180 Å². The SMILES string of the molecule is CC(N)=O.CC(O)C(CO)OC(O)COP(=O)(O)O. The summed E-state index contributed by atoms with van der Waals surface area (Å²) >= 11 is 0. The summed E-state index contributed by atoms with van der Waals surface area (Å²) in [5.41, 5.74) is 4.47. The van der Waals surface area contributed by atoms with E-state index < -0.39 is 39.5 Å². The number of nitrogens with two attached hydrogens (primary N) is 1. The van der Waals surface area contributed by atoms with Gasteiger partial charge in [0.2, 0.25) is 5.91 Å². The molecule has 0 saturated carbocycles. The lowest BCUT2D eigenvalue weighted by atomic mass is 10.2. The van der Waals surface area contributed by atoms with E-state index in [0.29, 0.717) is 0 Å². The smallest absolute Gasteiger partial charge is 0.394 e. The second-order valence-corrected chi connectivity index (χ2v) is 4.69. The molecule has 0 aliphatic carbocycles. The van der Waals surface area contributed by atoms with Gasteiger partial charge in [0.15, 0.2) is 6.29 Å². The van der Waals surface area contributed by atoms with Crippen molar-refractivity contribution in [2.24, 2.45) is 5.73 Å². The third-order valence-corrected chi connectivity index (χ3v) is 1.92. The number of carbonyl (C=O) groups excluding carboxylic acids is 1. The third kappa shape index (κ3) is 17.4. The average molecular weight is 305 g/mol. The maximum Gasteiger partial charge on any atom is 0.469 e. The fraction of sp³-hybridized carbons (Fsp3) is 0.875. The van der Waals surface area contributed by atoms with Gasteiger partial charge in [-0.2, -0.15) is 0 Å². The van der Waals surface area contributed by atoms with Gasteiger partial charge in [0.05, 0.1) is 12.7 Å². The highest BCUT2D eigenvalue weighted by atomic mass is 31.2. The quantitative estimate of drug-likeness (QED) is 0.222. The zero-order chi connectivity index (χ0) is 15.6. The monoisotopic (exact) mass is 305 g/mol. The van der Waals surface area contributed by atoms with E-state index in [0.717, 1.165) is 0 Å². The van der Waals surface area contributed by atoms with Crippen LogP contribution in [0.4, 0.5) is 0 Å². The van der Waals surface area contributed by atoms with Gasteiger partial charge in [-0.3, -0.25) is 9.32 Å². The van der Waals surface area contributed by atoms with Gasteiger partial charge in [0, 0.05) is 6.92 Å². The fourth-order valence-electron chi connectivity index (χ4n) is 0.711. The first-order valence-electron chi connectivity index (χ1n) is 5.08. The van der Waals surface area contributed by atoms with Crippen LogP contribution in [0.15, 0.2) is 0 Å². The van der Waals surface area contributed by atoms with Gasteiger partial charge in [-0.25, -0.2) is 4.57 Å². The summed E-state index contributed by atoms with van der Waals surface area (Å²) in [5.74, 6) is -0.333. The van der Waals surface area contributed by atoms with Crippen molar-refractivity contribution in [3.05, 3.63) is 0 Å². The Bertz CT molecular complexity index is 288. The summed E-state index contributed by atoms with van der Waals surface area (Å²) in [6.45, 7) is 1.34. The second-order valence-electron chi connectivity index (χ2n) is 3.45. The number of hydrogen-bond acceptors (Lipinski definition) is 7. The molecule has 7 N–H and O–H groups in total. The Hall–Kier alpha value is -0.580. The van der Waals surface area contributed by atoms with Crippen LogP contribution in [0.3, 0.4) is 0 Å². The van der Waals surface area contributed by atoms with Crippen molar-refractivity contribution in [1.29, 1.82) is 0 Å². The molecule has 3 atom stereocenters. The number of aliphatic hydroxyl groups is 3. The van der Waals surface area contributed by atoms with Crippen molar-refractivity contribution in [2.75, 3.05) is 13.2 Å². The van der Waals surface area contributed by atoms with Crippen molar-refractivity contribution in [3.8, 4) is 0 Å². The molecule has 0 heterocycles. The standard InChI is InChI=1S/C6H15O8P.C2H5NO/c1-4(8)5(2-7)14-6(9)3-13-15(10,11)12;1-2(3)4/h4-9H,2-3H2,1H3,(H2,10,11,12);1H3,(H2,3,4). The third-order valence-electron chi connectivity index (χ3n) is 1.44. The number of ether oxygens (including phenoxy) is 1. The Morgan fingerprint density at radius 2 is 1.79 bits per heavy atom.